The lowest BCUT2D eigenvalue weighted by atomic mass is 9.70. The molecule has 0 aromatic heterocycles. The second kappa shape index (κ2) is 2.93. The van der Waals surface area contributed by atoms with E-state index in [2.05, 4.69) is 0 Å². The number of hydrogen-bond donors (Lipinski definition) is 0. The highest BCUT2D eigenvalue weighted by atomic mass is 35.7. The molecule has 63 valence electrons. The van der Waals surface area contributed by atoms with Crippen LogP contribution in [0.1, 0.15) is 38.5 Å². The highest BCUT2D eigenvalue weighted by molar-refractivity contribution is 7.35. The molecule has 0 amide bonds. The van der Waals surface area contributed by atoms with Gasteiger partial charge in [-0.05, 0) is 30.2 Å². The summed E-state index contributed by atoms with van der Waals surface area (Å²) in [5.41, 5.74) is 0. The van der Waals surface area contributed by atoms with Crippen LogP contribution in [0.15, 0.2) is 0 Å². The quantitative estimate of drug-likeness (QED) is 0.455. The molecule has 3 aliphatic carbocycles. The molecule has 0 aromatic rings. The molecule has 0 heterocycles. The van der Waals surface area contributed by atoms with Crippen molar-refractivity contribution in [3.8, 4) is 0 Å². The summed E-state index contributed by atoms with van der Waals surface area (Å²) in [4.78, 5) is 0. The number of hydrogen-bond acceptors (Lipinski definition) is 0. The van der Waals surface area contributed by atoms with Crippen LogP contribution in [-0.4, -0.2) is 7.42 Å². The zero-order valence-corrected chi connectivity index (χ0v) is 9.09. The summed E-state index contributed by atoms with van der Waals surface area (Å²) in [5.74, 6) is 1.02. The third kappa shape index (κ3) is 1.36. The van der Waals surface area contributed by atoms with Crippen molar-refractivity contribution in [1.29, 1.82) is 0 Å². The summed E-state index contributed by atoms with van der Waals surface area (Å²) < 4.78 is 0. The van der Waals surface area contributed by atoms with Gasteiger partial charge < -0.3 is 0 Å². The number of fused-ring (bicyclic) bond motifs is 3. The number of halogens is 2. The van der Waals surface area contributed by atoms with Gasteiger partial charge in [0, 0.05) is 0 Å². The molecule has 0 nitrogen and oxygen atoms in total. The van der Waals surface area contributed by atoms with Crippen LogP contribution in [0, 0.1) is 5.92 Å². The van der Waals surface area contributed by atoms with Crippen molar-refractivity contribution in [2.75, 3.05) is 0 Å². The molecule has 0 N–H and O–H groups in total. The predicted molar refractivity (Wildman–Crippen MR) is 51.3 cm³/mol. The van der Waals surface area contributed by atoms with E-state index in [1.165, 1.54) is 38.5 Å². The second-order valence-electron chi connectivity index (χ2n) is 4.02. The molecule has 3 fully saturated rings. The molecule has 0 aromatic carbocycles. The van der Waals surface area contributed by atoms with Gasteiger partial charge in [-0.2, -0.15) is 0 Å². The lowest BCUT2D eigenvalue weighted by molar-refractivity contribution is 0.188. The third-order valence-corrected chi connectivity index (χ3v) is 7.45. The average molecular weight is 208 g/mol. The van der Waals surface area contributed by atoms with Crippen molar-refractivity contribution in [3.63, 3.8) is 0 Å². The smallest absolute Gasteiger partial charge is 0.146 e. The Kier molecular flexibility index (Phi) is 2.24. The van der Waals surface area contributed by atoms with E-state index in [0.29, 0.717) is 5.04 Å². The van der Waals surface area contributed by atoms with Crippen LogP contribution in [0.25, 0.3) is 0 Å². The minimum atomic E-state index is -1.06. The maximum Gasteiger partial charge on any atom is 0.280 e. The Hall–Kier alpha value is 0.797. The Bertz CT molecular complexity index is 136. The summed E-state index contributed by atoms with van der Waals surface area (Å²) in [6, 6.07) is 0. The van der Waals surface area contributed by atoms with Gasteiger partial charge in [-0.25, -0.2) is 0 Å². The molecule has 3 saturated carbocycles. The van der Waals surface area contributed by atoms with Gasteiger partial charge in [-0.15, -0.1) is 22.2 Å². The standard InChI is InChI=1S/C8H13Cl2Si/c9-11(10)8-4-1-7(2-5-8)3-6-8/h7H,1-6H2. The minimum Gasteiger partial charge on any atom is -0.146 e. The van der Waals surface area contributed by atoms with E-state index in [-0.39, 0.29) is 0 Å². The number of rotatable bonds is 1. The Balaban J connectivity index is 2.12. The van der Waals surface area contributed by atoms with Gasteiger partial charge in [0.2, 0.25) is 0 Å². The SMILES string of the molecule is Cl[Si](Cl)C12CCC(CC1)CC2. The predicted octanol–water partition coefficient (Wildman–Crippen LogP) is 3.68. The third-order valence-electron chi connectivity index (χ3n) is 3.49. The molecule has 3 rings (SSSR count). The fraction of sp³-hybridized carbons (Fsp3) is 1.00. The molecule has 2 bridgehead atoms. The van der Waals surface area contributed by atoms with Gasteiger partial charge in [-0.1, -0.05) is 19.3 Å². The molecule has 0 aliphatic heterocycles. The molecular formula is C8H13Cl2Si. The van der Waals surface area contributed by atoms with Crippen molar-refractivity contribution < 1.29 is 0 Å². The van der Waals surface area contributed by atoms with Crippen LogP contribution >= 0.6 is 22.2 Å². The van der Waals surface area contributed by atoms with Crippen molar-refractivity contribution in [3.05, 3.63) is 0 Å². The Morgan fingerprint density at radius 2 is 1.45 bits per heavy atom. The van der Waals surface area contributed by atoms with Gasteiger partial charge in [0.25, 0.3) is 7.42 Å². The largest absolute Gasteiger partial charge is 0.280 e. The van der Waals surface area contributed by atoms with Crippen LogP contribution in [0.3, 0.4) is 0 Å². The van der Waals surface area contributed by atoms with Gasteiger partial charge >= 0.3 is 0 Å². The molecular weight excluding hydrogens is 195 g/mol. The zero-order chi connectivity index (χ0) is 7.90. The monoisotopic (exact) mass is 207 g/mol. The van der Waals surface area contributed by atoms with E-state index in [4.69, 9.17) is 22.2 Å². The summed E-state index contributed by atoms with van der Waals surface area (Å²) >= 11 is 12.2. The molecule has 0 spiro atoms. The van der Waals surface area contributed by atoms with E-state index in [1.807, 2.05) is 0 Å². The first kappa shape index (κ1) is 8.40. The summed E-state index contributed by atoms with van der Waals surface area (Å²) in [6.07, 6.45) is 8.14. The van der Waals surface area contributed by atoms with E-state index < -0.39 is 7.42 Å². The van der Waals surface area contributed by atoms with Crippen molar-refractivity contribution in [2.24, 2.45) is 5.92 Å². The zero-order valence-electron chi connectivity index (χ0n) is 6.58. The van der Waals surface area contributed by atoms with Gasteiger partial charge in [0.1, 0.15) is 0 Å². The fourth-order valence-corrected chi connectivity index (χ4v) is 5.23. The fourth-order valence-electron chi connectivity index (χ4n) is 2.53. The van der Waals surface area contributed by atoms with Crippen LogP contribution in [0.5, 0.6) is 0 Å². The molecule has 3 heteroatoms. The van der Waals surface area contributed by atoms with Gasteiger partial charge in [-0.3, -0.25) is 0 Å². The van der Waals surface area contributed by atoms with Gasteiger partial charge in [0.15, 0.2) is 0 Å². The van der Waals surface area contributed by atoms with Crippen LogP contribution in [0.4, 0.5) is 0 Å². The average Bonchev–Trinajstić information content (AvgIpc) is 2.08. The summed E-state index contributed by atoms with van der Waals surface area (Å²) in [7, 11) is -1.06. The second-order valence-corrected chi connectivity index (χ2v) is 8.45. The normalized spacial score (nSPS) is 43.4. The molecule has 0 unspecified atom stereocenters. The summed E-state index contributed by atoms with van der Waals surface area (Å²) in [6.45, 7) is 0. The minimum absolute atomic E-state index is 0.419. The van der Waals surface area contributed by atoms with E-state index in [0.717, 1.165) is 5.92 Å². The molecule has 0 atom stereocenters. The first-order valence-electron chi connectivity index (χ1n) is 4.41. The summed E-state index contributed by atoms with van der Waals surface area (Å²) in [5, 5.41) is 0.419. The van der Waals surface area contributed by atoms with Crippen LogP contribution in [0.2, 0.25) is 5.04 Å². The Morgan fingerprint density at radius 3 is 1.73 bits per heavy atom. The van der Waals surface area contributed by atoms with Crippen LogP contribution < -0.4 is 0 Å². The van der Waals surface area contributed by atoms with E-state index in [9.17, 15) is 0 Å². The Labute approximate surface area is 79.3 Å². The van der Waals surface area contributed by atoms with Crippen molar-refractivity contribution >= 4 is 29.6 Å². The van der Waals surface area contributed by atoms with Gasteiger partial charge in [0.05, 0.1) is 0 Å². The maximum absolute atomic E-state index is 6.11. The van der Waals surface area contributed by atoms with Crippen LogP contribution in [-0.2, 0) is 0 Å². The first-order chi connectivity index (χ1) is 5.23. The highest BCUT2D eigenvalue weighted by Crippen LogP contribution is 2.58. The van der Waals surface area contributed by atoms with E-state index in [1.54, 1.807) is 0 Å². The Morgan fingerprint density at radius 1 is 1.00 bits per heavy atom. The van der Waals surface area contributed by atoms with Crippen molar-refractivity contribution in [1.82, 2.24) is 0 Å². The highest BCUT2D eigenvalue weighted by Gasteiger charge is 2.45. The molecule has 11 heavy (non-hydrogen) atoms. The molecule has 1 radical (unpaired) electrons. The maximum atomic E-state index is 6.11. The lowest BCUT2D eigenvalue weighted by Gasteiger charge is -2.46. The lowest BCUT2D eigenvalue weighted by Crippen LogP contribution is -2.35. The molecule has 3 aliphatic rings. The molecule has 0 saturated heterocycles. The van der Waals surface area contributed by atoms with Crippen molar-refractivity contribution in [2.45, 2.75) is 43.6 Å². The topological polar surface area (TPSA) is 0 Å². The first-order valence-corrected chi connectivity index (χ1v) is 7.94. The van der Waals surface area contributed by atoms with E-state index >= 15 is 0 Å².